The molecule has 2 aromatic carbocycles. The van der Waals surface area contributed by atoms with E-state index in [1.165, 1.54) is 5.56 Å². The van der Waals surface area contributed by atoms with E-state index in [4.69, 9.17) is 9.15 Å². The van der Waals surface area contributed by atoms with E-state index >= 15 is 0 Å². The summed E-state index contributed by atoms with van der Waals surface area (Å²) in [6.07, 6.45) is 2.63. The van der Waals surface area contributed by atoms with Gasteiger partial charge in [0, 0.05) is 12.1 Å². The molecule has 4 nitrogen and oxygen atoms in total. The topological polar surface area (TPSA) is 42.7 Å². The minimum absolute atomic E-state index is 0.0333. The van der Waals surface area contributed by atoms with Crippen LogP contribution in [0.15, 0.2) is 71.3 Å². The first-order valence-electron chi connectivity index (χ1n) is 9.32. The molecule has 1 heterocycles. The third kappa shape index (κ3) is 5.00. The summed E-state index contributed by atoms with van der Waals surface area (Å²) in [6.45, 7) is 5.62. The fourth-order valence-electron chi connectivity index (χ4n) is 2.93. The molecule has 0 aliphatic heterocycles. The Kier molecular flexibility index (Phi) is 6.31. The number of furan rings is 1. The predicted octanol–water partition coefficient (Wildman–Crippen LogP) is 5.08. The fourth-order valence-corrected chi connectivity index (χ4v) is 2.93. The minimum Gasteiger partial charge on any atom is -0.494 e. The number of ether oxygens (including phenoxy) is 1. The maximum atomic E-state index is 13.1. The van der Waals surface area contributed by atoms with Crippen molar-refractivity contribution < 1.29 is 13.9 Å². The second-order valence-electron chi connectivity index (χ2n) is 6.37. The molecular weight excluding hydrogens is 338 g/mol. The third-order valence-electron chi connectivity index (χ3n) is 4.43. The van der Waals surface area contributed by atoms with E-state index in [0.29, 0.717) is 25.3 Å². The number of nitrogens with zero attached hydrogens (tertiary/aromatic N) is 1. The Morgan fingerprint density at radius 2 is 1.63 bits per heavy atom. The molecule has 0 saturated heterocycles. The Labute approximate surface area is 160 Å². The molecule has 0 N–H and O–H groups in total. The molecule has 0 unspecified atom stereocenters. The quantitative estimate of drug-likeness (QED) is 0.560. The summed E-state index contributed by atoms with van der Waals surface area (Å²) in [6, 6.07) is 19.4. The van der Waals surface area contributed by atoms with Crippen molar-refractivity contribution in [3.8, 4) is 5.75 Å². The Hall–Kier alpha value is -3.01. The SMILES string of the molecule is CCOc1ccc(C(=O)N(Cc2ccc(CC)cc2)Cc2ccco2)cc1. The van der Waals surface area contributed by atoms with Gasteiger partial charge in [-0.2, -0.15) is 0 Å². The van der Waals surface area contributed by atoms with Gasteiger partial charge in [-0.1, -0.05) is 31.2 Å². The molecule has 140 valence electrons. The molecule has 3 aromatic rings. The zero-order chi connectivity index (χ0) is 19.1. The maximum Gasteiger partial charge on any atom is 0.254 e. The smallest absolute Gasteiger partial charge is 0.254 e. The molecule has 1 aromatic heterocycles. The van der Waals surface area contributed by atoms with Gasteiger partial charge in [0.25, 0.3) is 5.91 Å². The van der Waals surface area contributed by atoms with E-state index < -0.39 is 0 Å². The van der Waals surface area contributed by atoms with Gasteiger partial charge in [0.05, 0.1) is 19.4 Å². The highest BCUT2D eigenvalue weighted by Crippen LogP contribution is 2.18. The summed E-state index contributed by atoms with van der Waals surface area (Å²) in [5, 5.41) is 0. The zero-order valence-corrected chi connectivity index (χ0v) is 15.9. The molecule has 0 radical (unpaired) electrons. The number of hydrogen-bond acceptors (Lipinski definition) is 3. The molecule has 0 spiro atoms. The van der Waals surface area contributed by atoms with E-state index in [9.17, 15) is 4.79 Å². The second kappa shape index (κ2) is 9.08. The van der Waals surface area contributed by atoms with Crippen LogP contribution in [0.3, 0.4) is 0 Å². The molecule has 1 amide bonds. The number of aryl methyl sites for hydroxylation is 1. The van der Waals surface area contributed by atoms with Crippen LogP contribution in [0.5, 0.6) is 5.75 Å². The first-order valence-corrected chi connectivity index (χ1v) is 9.32. The maximum absolute atomic E-state index is 13.1. The Balaban J connectivity index is 1.80. The van der Waals surface area contributed by atoms with Crippen LogP contribution in [0.25, 0.3) is 0 Å². The monoisotopic (exact) mass is 363 g/mol. The van der Waals surface area contributed by atoms with Crippen molar-refractivity contribution in [3.63, 3.8) is 0 Å². The molecule has 0 atom stereocenters. The Morgan fingerprint density at radius 1 is 0.926 bits per heavy atom. The van der Waals surface area contributed by atoms with Gasteiger partial charge in [-0.05, 0) is 60.9 Å². The average Bonchev–Trinajstić information content (AvgIpc) is 3.21. The largest absolute Gasteiger partial charge is 0.494 e. The van der Waals surface area contributed by atoms with Crippen LogP contribution >= 0.6 is 0 Å². The van der Waals surface area contributed by atoms with E-state index in [2.05, 4.69) is 31.2 Å². The van der Waals surface area contributed by atoms with Crippen LogP contribution in [0, 0.1) is 0 Å². The van der Waals surface area contributed by atoms with Gasteiger partial charge in [-0.25, -0.2) is 0 Å². The number of carbonyl (C=O) groups excluding carboxylic acids is 1. The first-order chi connectivity index (χ1) is 13.2. The van der Waals surface area contributed by atoms with Crippen LogP contribution < -0.4 is 4.74 Å². The molecule has 0 saturated carbocycles. The van der Waals surface area contributed by atoms with Crippen molar-refractivity contribution in [2.24, 2.45) is 0 Å². The summed E-state index contributed by atoms with van der Waals surface area (Å²) < 4.78 is 10.9. The van der Waals surface area contributed by atoms with Gasteiger partial charge >= 0.3 is 0 Å². The molecule has 27 heavy (non-hydrogen) atoms. The van der Waals surface area contributed by atoms with Crippen LogP contribution in [0.4, 0.5) is 0 Å². The zero-order valence-electron chi connectivity index (χ0n) is 15.9. The highest BCUT2D eigenvalue weighted by molar-refractivity contribution is 5.94. The first kappa shape index (κ1) is 18.8. The standard InChI is InChI=1S/C23H25NO3/c1-3-18-7-9-19(10-8-18)16-24(17-22-6-5-15-27-22)23(25)20-11-13-21(14-12-20)26-4-2/h5-15H,3-4,16-17H2,1-2H3. The Bertz CT molecular complexity index is 836. The summed E-state index contributed by atoms with van der Waals surface area (Å²) in [5.41, 5.74) is 3.02. The van der Waals surface area contributed by atoms with Gasteiger partial charge in [-0.3, -0.25) is 4.79 Å². The normalized spacial score (nSPS) is 10.6. The third-order valence-corrected chi connectivity index (χ3v) is 4.43. The van der Waals surface area contributed by atoms with Crippen LogP contribution in [0.2, 0.25) is 0 Å². The minimum atomic E-state index is -0.0333. The molecule has 3 rings (SSSR count). The van der Waals surface area contributed by atoms with Gasteiger partial charge in [0.2, 0.25) is 0 Å². The van der Waals surface area contributed by atoms with Gasteiger partial charge in [0.1, 0.15) is 11.5 Å². The second-order valence-corrected chi connectivity index (χ2v) is 6.37. The lowest BCUT2D eigenvalue weighted by molar-refractivity contribution is 0.0717. The number of amides is 1. The van der Waals surface area contributed by atoms with E-state index in [-0.39, 0.29) is 5.91 Å². The van der Waals surface area contributed by atoms with Crippen LogP contribution in [-0.2, 0) is 19.5 Å². The number of carbonyl (C=O) groups is 1. The highest BCUT2D eigenvalue weighted by atomic mass is 16.5. The molecule has 0 aliphatic carbocycles. The summed E-state index contributed by atoms with van der Waals surface area (Å²) >= 11 is 0. The summed E-state index contributed by atoms with van der Waals surface area (Å²) in [7, 11) is 0. The van der Waals surface area contributed by atoms with Crippen LogP contribution in [-0.4, -0.2) is 17.4 Å². The molecule has 0 fully saturated rings. The predicted molar refractivity (Wildman–Crippen MR) is 106 cm³/mol. The average molecular weight is 363 g/mol. The van der Waals surface area contributed by atoms with E-state index in [1.54, 1.807) is 11.2 Å². The van der Waals surface area contributed by atoms with Crippen molar-refractivity contribution in [2.75, 3.05) is 6.61 Å². The van der Waals surface area contributed by atoms with E-state index in [0.717, 1.165) is 23.5 Å². The Morgan fingerprint density at radius 3 is 2.22 bits per heavy atom. The number of benzene rings is 2. The molecular formula is C23H25NO3. The number of hydrogen-bond donors (Lipinski definition) is 0. The molecule has 4 heteroatoms. The van der Waals surface area contributed by atoms with Crippen molar-refractivity contribution in [1.29, 1.82) is 0 Å². The van der Waals surface area contributed by atoms with Gasteiger partial charge in [-0.15, -0.1) is 0 Å². The molecule has 0 bridgehead atoms. The lowest BCUT2D eigenvalue weighted by Crippen LogP contribution is -2.30. The fraction of sp³-hybridized carbons (Fsp3) is 0.261. The highest BCUT2D eigenvalue weighted by Gasteiger charge is 2.18. The number of rotatable bonds is 8. The van der Waals surface area contributed by atoms with Crippen molar-refractivity contribution in [1.82, 2.24) is 4.90 Å². The molecule has 0 aliphatic rings. The van der Waals surface area contributed by atoms with Crippen LogP contribution in [0.1, 0.15) is 41.1 Å². The summed E-state index contributed by atoms with van der Waals surface area (Å²) in [4.78, 5) is 14.9. The van der Waals surface area contributed by atoms with Crippen molar-refractivity contribution >= 4 is 5.91 Å². The van der Waals surface area contributed by atoms with Gasteiger partial charge < -0.3 is 14.1 Å². The van der Waals surface area contributed by atoms with Crippen molar-refractivity contribution in [3.05, 3.63) is 89.4 Å². The summed E-state index contributed by atoms with van der Waals surface area (Å²) in [5.74, 6) is 1.50. The lowest BCUT2D eigenvalue weighted by atomic mass is 10.1. The van der Waals surface area contributed by atoms with E-state index in [1.807, 2.05) is 43.3 Å². The van der Waals surface area contributed by atoms with Crippen molar-refractivity contribution in [2.45, 2.75) is 33.4 Å². The van der Waals surface area contributed by atoms with Gasteiger partial charge in [0.15, 0.2) is 0 Å². The lowest BCUT2D eigenvalue weighted by Gasteiger charge is -2.22.